The smallest absolute Gasteiger partial charge is 0.417 e. The van der Waals surface area contributed by atoms with Gasteiger partial charge in [0.2, 0.25) is 0 Å². The average molecular weight is 346 g/mol. The number of rotatable bonds is 4. The minimum atomic E-state index is -4.52. The number of ether oxygens (including phenoxy) is 1. The first-order valence-corrected chi connectivity index (χ1v) is 6.58. The third kappa shape index (κ3) is 4.04. The summed E-state index contributed by atoms with van der Waals surface area (Å²) in [6, 6.07) is 5.53. The third-order valence-electron chi connectivity index (χ3n) is 2.79. The molecule has 0 unspecified atom stereocenters. The highest BCUT2D eigenvalue weighted by Gasteiger charge is 2.31. The Morgan fingerprint density at radius 2 is 2.13 bits per heavy atom. The van der Waals surface area contributed by atoms with E-state index < -0.39 is 11.7 Å². The lowest BCUT2D eigenvalue weighted by atomic mass is 10.2. The van der Waals surface area contributed by atoms with Crippen molar-refractivity contribution in [1.29, 1.82) is 0 Å². The zero-order chi connectivity index (χ0) is 17.0. The van der Waals surface area contributed by atoms with Gasteiger partial charge in [-0.2, -0.15) is 18.3 Å². The van der Waals surface area contributed by atoms with Gasteiger partial charge in [-0.15, -0.1) is 0 Å². The third-order valence-corrected chi connectivity index (χ3v) is 3.08. The van der Waals surface area contributed by atoms with Gasteiger partial charge in [0.25, 0.3) is 0 Å². The van der Waals surface area contributed by atoms with Gasteiger partial charge in [0, 0.05) is 11.8 Å². The number of phenolic OH excluding ortho intramolecular Hbond substituents is 1. The predicted octanol–water partition coefficient (Wildman–Crippen LogP) is 3.91. The zero-order valence-corrected chi connectivity index (χ0v) is 12.5. The number of anilines is 1. The monoisotopic (exact) mass is 345 g/mol. The van der Waals surface area contributed by atoms with Crippen LogP contribution in [-0.2, 0) is 6.18 Å². The number of phenols is 1. The molecule has 0 saturated carbocycles. The first-order chi connectivity index (χ1) is 10.8. The highest BCUT2D eigenvalue weighted by molar-refractivity contribution is 6.32. The highest BCUT2D eigenvalue weighted by Crippen LogP contribution is 2.32. The summed E-state index contributed by atoms with van der Waals surface area (Å²) >= 11 is 5.73. The second-order valence-electron chi connectivity index (χ2n) is 4.32. The van der Waals surface area contributed by atoms with Gasteiger partial charge in [0.15, 0.2) is 17.3 Å². The number of benzene rings is 1. The standard InChI is InChI=1S/C14H11ClF3N3O2/c1-23-11-4-2-3-8(12(11)22)6-20-21-13-10(15)5-9(7-19-13)14(16,17)18/h2-7,22H,1H3,(H,19,21). The quantitative estimate of drug-likeness (QED) is 0.651. The fourth-order valence-electron chi connectivity index (χ4n) is 1.65. The van der Waals surface area contributed by atoms with Crippen molar-refractivity contribution in [3.05, 3.63) is 46.6 Å². The molecule has 0 aliphatic rings. The second kappa shape index (κ2) is 6.74. The molecule has 1 heterocycles. The average Bonchev–Trinajstić information content (AvgIpc) is 2.49. The molecule has 0 spiro atoms. The van der Waals surface area contributed by atoms with E-state index in [0.29, 0.717) is 11.8 Å². The number of hydrogen-bond acceptors (Lipinski definition) is 5. The summed E-state index contributed by atoms with van der Waals surface area (Å²) in [5.41, 5.74) is 1.80. The topological polar surface area (TPSA) is 66.7 Å². The number of halogens is 4. The van der Waals surface area contributed by atoms with Crippen molar-refractivity contribution in [3.8, 4) is 11.5 Å². The van der Waals surface area contributed by atoms with Crippen LogP contribution in [-0.4, -0.2) is 23.4 Å². The van der Waals surface area contributed by atoms with Crippen LogP contribution >= 0.6 is 11.6 Å². The normalized spacial score (nSPS) is 11.7. The van der Waals surface area contributed by atoms with Crippen LogP contribution in [0.5, 0.6) is 11.5 Å². The number of hydrazone groups is 1. The van der Waals surface area contributed by atoms with Crippen molar-refractivity contribution in [2.45, 2.75) is 6.18 Å². The van der Waals surface area contributed by atoms with Crippen LogP contribution in [0.3, 0.4) is 0 Å². The van der Waals surface area contributed by atoms with Crippen molar-refractivity contribution >= 4 is 23.6 Å². The molecule has 0 aliphatic carbocycles. The molecule has 23 heavy (non-hydrogen) atoms. The number of hydrogen-bond donors (Lipinski definition) is 2. The van der Waals surface area contributed by atoms with Gasteiger partial charge in [-0.25, -0.2) is 4.98 Å². The Morgan fingerprint density at radius 3 is 2.74 bits per heavy atom. The van der Waals surface area contributed by atoms with Crippen molar-refractivity contribution < 1.29 is 23.0 Å². The first kappa shape index (κ1) is 16.9. The maximum atomic E-state index is 12.5. The number of para-hydroxylation sites is 1. The molecular formula is C14H11ClF3N3O2. The number of aromatic nitrogens is 1. The Balaban J connectivity index is 2.15. The maximum Gasteiger partial charge on any atom is 0.417 e. The van der Waals surface area contributed by atoms with Crippen LogP contribution in [0.2, 0.25) is 5.02 Å². The Morgan fingerprint density at radius 1 is 1.39 bits per heavy atom. The summed E-state index contributed by atoms with van der Waals surface area (Å²) in [6.07, 6.45) is -2.62. The molecular weight excluding hydrogens is 335 g/mol. The van der Waals surface area contributed by atoms with Crippen molar-refractivity contribution in [1.82, 2.24) is 4.98 Å². The summed E-state index contributed by atoms with van der Waals surface area (Å²) in [6.45, 7) is 0. The molecule has 0 atom stereocenters. The molecule has 0 fully saturated rings. The van der Waals surface area contributed by atoms with E-state index in [-0.39, 0.29) is 22.3 Å². The van der Waals surface area contributed by atoms with Crippen molar-refractivity contribution in [2.24, 2.45) is 5.10 Å². The molecule has 5 nitrogen and oxygen atoms in total. The maximum absolute atomic E-state index is 12.5. The molecule has 1 aromatic carbocycles. The Labute approximate surface area is 134 Å². The van der Waals surface area contributed by atoms with Crippen LogP contribution in [0.25, 0.3) is 0 Å². The van der Waals surface area contributed by atoms with Crippen molar-refractivity contribution in [3.63, 3.8) is 0 Å². The van der Waals surface area contributed by atoms with E-state index in [1.54, 1.807) is 18.2 Å². The van der Waals surface area contributed by atoms with Gasteiger partial charge >= 0.3 is 6.18 Å². The van der Waals surface area contributed by atoms with Gasteiger partial charge < -0.3 is 9.84 Å². The second-order valence-corrected chi connectivity index (χ2v) is 4.73. The predicted molar refractivity (Wildman–Crippen MR) is 80.1 cm³/mol. The van der Waals surface area contributed by atoms with Crippen molar-refractivity contribution in [2.75, 3.05) is 12.5 Å². The summed E-state index contributed by atoms with van der Waals surface area (Å²) in [7, 11) is 1.40. The Hall–Kier alpha value is -2.48. The van der Waals surface area contributed by atoms with E-state index in [1.165, 1.54) is 13.3 Å². The zero-order valence-electron chi connectivity index (χ0n) is 11.7. The number of nitrogens with one attached hydrogen (secondary N) is 1. The van der Waals surface area contributed by atoms with E-state index in [4.69, 9.17) is 16.3 Å². The first-order valence-electron chi connectivity index (χ1n) is 6.20. The molecule has 0 amide bonds. The number of pyridine rings is 1. The number of alkyl halides is 3. The van der Waals surface area contributed by atoms with Crippen LogP contribution < -0.4 is 10.2 Å². The SMILES string of the molecule is COc1cccc(C=NNc2ncc(C(F)(F)F)cc2Cl)c1O. The molecule has 0 saturated heterocycles. The molecule has 2 rings (SSSR count). The Bertz CT molecular complexity index is 736. The lowest BCUT2D eigenvalue weighted by molar-refractivity contribution is -0.137. The molecule has 122 valence electrons. The fourth-order valence-corrected chi connectivity index (χ4v) is 1.85. The van der Waals surface area contributed by atoms with Gasteiger partial charge in [0.05, 0.1) is 23.9 Å². The fraction of sp³-hybridized carbons (Fsp3) is 0.143. The number of nitrogens with zero attached hydrogens (tertiary/aromatic N) is 2. The molecule has 0 radical (unpaired) electrons. The van der Waals surface area contributed by atoms with E-state index in [1.807, 2.05) is 0 Å². The van der Waals surface area contributed by atoms with Crippen LogP contribution in [0, 0.1) is 0 Å². The lowest BCUT2D eigenvalue weighted by Crippen LogP contribution is -2.06. The number of aromatic hydroxyl groups is 1. The van der Waals surface area contributed by atoms with E-state index >= 15 is 0 Å². The Kier molecular flexibility index (Phi) is 4.95. The summed E-state index contributed by atoms with van der Waals surface area (Å²) in [4.78, 5) is 3.57. The van der Waals surface area contributed by atoms with Gasteiger partial charge in [-0.05, 0) is 18.2 Å². The van der Waals surface area contributed by atoms with Crippen LogP contribution in [0.4, 0.5) is 19.0 Å². The van der Waals surface area contributed by atoms with E-state index in [0.717, 1.165) is 6.07 Å². The molecule has 2 aromatic rings. The van der Waals surface area contributed by atoms with Gasteiger partial charge in [0.1, 0.15) is 0 Å². The van der Waals surface area contributed by atoms with Gasteiger partial charge in [-0.3, -0.25) is 5.43 Å². The van der Waals surface area contributed by atoms with Gasteiger partial charge in [-0.1, -0.05) is 17.7 Å². The molecule has 1 aromatic heterocycles. The molecule has 0 aliphatic heterocycles. The highest BCUT2D eigenvalue weighted by atomic mass is 35.5. The van der Waals surface area contributed by atoms with Crippen LogP contribution in [0.15, 0.2) is 35.6 Å². The molecule has 2 N–H and O–H groups in total. The van der Waals surface area contributed by atoms with Crippen LogP contribution in [0.1, 0.15) is 11.1 Å². The summed E-state index contributed by atoms with van der Waals surface area (Å²) in [5, 5.41) is 13.4. The van der Waals surface area contributed by atoms with E-state index in [9.17, 15) is 18.3 Å². The number of methoxy groups -OCH3 is 1. The molecule has 9 heteroatoms. The molecule has 0 bridgehead atoms. The van der Waals surface area contributed by atoms with E-state index in [2.05, 4.69) is 15.5 Å². The largest absolute Gasteiger partial charge is 0.504 e. The minimum Gasteiger partial charge on any atom is -0.504 e. The minimum absolute atomic E-state index is 0.0432. The summed E-state index contributed by atoms with van der Waals surface area (Å²) in [5.74, 6) is 0.102. The summed E-state index contributed by atoms with van der Waals surface area (Å²) < 4.78 is 42.4. The lowest BCUT2D eigenvalue weighted by Gasteiger charge is -2.08.